The second kappa shape index (κ2) is 6.19. The fraction of sp³-hybridized carbons (Fsp3) is 0.235. The van der Waals surface area contributed by atoms with E-state index in [0.717, 1.165) is 31.9 Å². The standard InChI is InChI=1S/C17H16ClN2O/c18-15-8-6-14(7-9-15)17(21)20-12-10-19(11-13-20)16-4-2-1-3-5-16/h1-4,6-9H,10-13H2. The molecule has 0 aliphatic carbocycles. The van der Waals surface area contributed by atoms with Crippen molar-refractivity contribution in [1.82, 2.24) is 4.90 Å². The highest BCUT2D eigenvalue weighted by molar-refractivity contribution is 6.30. The SMILES string of the molecule is O=C(c1ccc(Cl)cc1)N1CCN(c2[c]cccc2)CC1. The Labute approximate surface area is 129 Å². The van der Waals surface area contributed by atoms with Crippen LogP contribution in [0.25, 0.3) is 0 Å². The van der Waals surface area contributed by atoms with Crippen molar-refractivity contribution < 1.29 is 4.79 Å². The maximum atomic E-state index is 12.4. The fourth-order valence-corrected chi connectivity index (χ4v) is 2.63. The molecule has 0 bridgehead atoms. The van der Waals surface area contributed by atoms with Crippen LogP contribution < -0.4 is 4.90 Å². The summed E-state index contributed by atoms with van der Waals surface area (Å²) in [6.45, 7) is 3.12. The second-order valence-electron chi connectivity index (χ2n) is 5.03. The molecular weight excluding hydrogens is 284 g/mol. The zero-order valence-electron chi connectivity index (χ0n) is 11.6. The predicted molar refractivity (Wildman–Crippen MR) is 84.8 cm³/mol. The third-order valence-corrected chi connectivity index (χ3v) is 3.94. The molecule has 2 aromatic carbocycles. The normalized spacial score (nSPS) is 15.1. The van der Waals surface area contributed by atoms with Crippen molar-refractivity contribution in [3.05, 3.63) is 65.2 Å². The van der Waals surface area contributed by atoms with Crippen LogP contribution >= 0.6 is 11.6 Å². The first-order valence-corrected chi connectivity index (χ1v) is 7.38. The van der Waals surface area contributed by atoms with Gasteiger partial charge in [0.15, 0.2) is 0 Å². The highest BCUT2D eigenvalue weighted by atomic mass is 35.5. The van der Waals surface area contributed by atoms with Crippen LogP contribution in [0.4, 0.5) is 5.69 Å². The van der Waals surface area contributed by atoms with Gasteiger partial charge in [0.25, 0.3) is 5.91 Å². The molecule has 2 aromatic rings. The van der Waals surface area contributed by atoms with Crippen molar-refractivity contribution >= 4 is 23.2 Å². The minimum Gasteiger partial charge on any atom is -0.367 e. The molecule has 3 rings (SSSR count). The van der Waals surface area contributed by atoms with Gasteiger partial charge in [-0.15, -0.1) is 0 Å². The predicted octanol–water partition coefficient (Wildman–Crippen LogP) is 3.10. The van der Waals surface area contributed by atoms with Gasteiger partial charge >= 0.3 is 0 Å². The van der Waals surface area contributed by atoms with Gasteiger partial charge in [-0.05, 0) is 30.3 Å². The van der Waals surface area contributed by atoms with Crippen LogP contribution in [0.2, 0.25) is 5.02 Å². The summed E-state index contributed by atoms with van der Waals surface area (Å²) in [5, 5.41) is 0.649. The fourth-order valence-electron chi connectivity index (χ4n) is 2.51. The first-order valence-electron chi connectivity index (χ1n) is 7.00. The number of amides is 1. The first kappa shape index (κ1) is 14.0. The molecule has 0 atom stereocenters. The van der Waals surface area contributed by atoms with E-state index >= 15 is 0 Å². The molecule has 3 nitrogen and oxygen atoms in total. The Kier molecular flexibility index (Phi) is 4.11. The van der Waals surface area contributed by atoms with Crippen LogP contribution in [0.15, 0.2) is 48.5 Å². The molecule has 0 N–H and O–H groups in total. The lowest BCUT2D eigenvalue weighted by Gasteiger charge is -2.36. The van der Waals surface area contributed by atoms with E-state index in [1.54, 1.807) is 24.3 Å². The van der Waals surface area contributed by atoms with Crippen molar-refractivity contribution in [3.63, 3.8) is 0 Å². The summed E-state index contributed by atoms with van der Waals surface area (Å²) in [6.07, 6.45) is 0. The second-order valence-corrected chi connectivity index (χ2v) is 5.47. The topological polar surface area (TPSA) is 23.6 Å². The van der Waals surface area contributed by atoms with Crippen molar-refractivity contribution in [3.8, 4) is 0 Å². The molecule has 107 valence electrons. The van der Waals surface area contributed by atoms with E-state index in [0.29, 0.717) is 10.6 Å². The number of para-hydroxylation sites is 1. The van der Waals surface area contributed by atoms with E-state index in [1.807, 2.05) is 23.1 Å². The molecule has 1 radical (unpaired) electrons. The van der Waals surface area contributed by atoms with E-state index in [2.05, 4.69) is 17.0 Å². The number of benzene rings is 2. The maximum absolute atomic E-state index is 12.4. The zero-order chi connectivity index (χ0) is 14.7. The van der Waals surface area contributed by atoms with Crippen LogP contribution in [0.5, 0.6) is 0 Å². The molecule has 4 heteroatoms. The van der Waals surface area contributed by atoms with Crippen molar-refractivity contribution in [1.29, 1.82) is 0 Å². The summed E-state index contributed by atoms with van der Waals surface area (Å²) in [5.74, 6) is 0.0726. The first-order chi connectivity index (χ1) is 10.2. The highest BCUT2D eigenvalue weighted by Gasteiger charge is 2.22. The average molecular weight is 300 g/mol. The monoisotopic (exact) mass is 299 g/mol. The Morgan fingerprint density at radius 1 is 1.00 bits per heavy atom. The number of hydrogen-bond acceptors (Lipinski definition) is 2. The third kappa shape index (κ3) is 3.19. The Bertz CT molecular complexity index is 604. The van der Waals surface area contributed by atoms with Gasteiger partial charge in [0, 0.05) is 48.5 Å². The average Bonchev–Trinajstić information content (AvgIpc) is 2.56. The van der Waals surface area contributed by atoms with Crippen LogP contribution in [-0.2, 0) is 0 Å². The molecule has 1 saturated heterocycles. The summed E-state index contributed by atoms with van der Waals surface area (Å²) in [7, 11) is 0. The molecule has 1 aliphatic heterocycles. The molecular formula is C17H16ClN2O. The molecule has 0 unspecified atom stereocenters. The number of rotatable bonds is 2. The van der Waals surface area contributed by atoms with E-state index in [9.17, 15) is 4.79 Å². The Balaban J connectivity index is 1.63. The van der Waals surface area contributed by atoms with Gasteiger partial charge in [-0.25, -0.2) is 0 Å². The molecule has 1 aliphatic rings. The van der Waals surface area contributed by atoms with Gasteiger partial charge in [-0.2, -0.15) is 0 Å². The molecule has 21 heavy (non-hydrogen) atoms. The number of piperazine rings is 1. The van der Waals surface area contributed by atoms with Crippen molar-refractivity contribution in [2.75, 3.05) is 31.1 Å². The summed E-state index contributed by atoms with van der Waals surface area (Å²) in [5.41, 5.74) is 1.79. The van der Waals surface area contributed by atoms with E-state index in [-0.39, 0.29) is 5.91 Å². The van der Waals surface area contributed by atoms with Crippen LogP contribution in [0, 0.1) is 6.07 Å². The van der Waals surface area contributed by atoms with Gasteiger partial charge in [0.2, 0.25) is 0 Å². The minimum absolute atomic E-state index is 0.0726. The van der Waals surface area contributed by atoms with Crippen molar-refractivity contribution in [2.24, 2.45) is 0 Å². The van der Waals surface area contributed by atoms with Gasteiger partial charge in [0.1, 0.15) is 0 Å². The van der Waals surface area contributed by atoms with E-state index in [4.69, 9.17) is 11.6 Å². The van der Waals surface area contributed by atoms with Crippen LogP contribution in [0.3, 0.4) is 0 Å². The quantitative estimate of drug-likeness (QED) is 0.851. The molecule has 0 saturated carbocycles. The van der Waals surface area contributed by atoms with Crippen molar-refractivity contribution in [2.45, 2.75) is 0 Å². The maximum Gasteiger partial charge on any atom is 0.253 e. The number of carbonyl (C=O) groups is 1. The van der Waals surface area contributed by atoms with Crippen LogP contribution in [-0.4, -0.2) is 37.0 Å². The van der Waals surface area contributed by atoms with E-state index in [1.165, 1.54) is 0 Å². The lowest BCUT2D eigenvalue weighted by Crippen LogP contribution is -2.48. The summed E-state index contributed by atoms with van der Waals surface area (Å²) in [6, 6.07) is 18.2. The smallest absolute Gasteiger partial charge is 0.253 e. The number of anilines is 1. The van der Waals surface area contributed by atoms with Gasteiger partial charge < -0.3 is 9.80 Å². The summed E-state index contributed by atoms with van der Waals surface area (Å²) < 4.78 is 0. The zero-order valence-corrected chi connectivity index (χ0v) is 12.4. The van der Waals surface area contributed by atoms with Gasteiger partial charge in [-0.3, -0.25) is 4.79 Å². The molecule has 1 fully saturated rings. The molecule has 1 amide bonds. The minimum atomic E-state index is 0.0726. The molecule has 0 aromatic heterocycles. The Morgan fingerprint density at radius 3 is 2.33 bits per heavy atom. The van der Waals surface area contributed by atoms with E-state index < -0.39 is 0 Å². The number of halogens is 1. The number of carbonyl (C=O) groups excluding carboxylic acids is 1. The summed E-state index contributed by atoms with van der Waals surface area (Å²) >= 11 is 5.85. The third-order valence-electron chi connectivity index (χ3n) is 3.69. The Hall–Kier alpha value is -2.00. The lowest BCUT2D eigenvalue weighted by molar-refractivity contribution is 0.0747. The molecule has 0 spiro atoms. The molecule has 1 heterocycles. The lowest BCUT2D eigenvalue weighted by atomic mass is 10.1. The van der Waals surface area contributed by atoms with Crippen LogP contribution in [0.1, 0.15) is 10.4 Å². The highest BCUT2D eigenvalue weighted by Crippen LogP contribution is 2.17. The number of hydrogen-bond donors (Lipinski definition) is 0. The van der Waals surface area contributed by atoms with Gasteiger partial charge in [-0.1, -0.05) is 29.8 Å². The number of nitrogens with zero attached hydrogens (tertiary/aromatic N) is 2. The largest absolute Gasteiger partial charge is 0.367 e. The van der Waals surface area contributed by atoms with Gasteiger partial charge in [0.05, 0.1) is 0 Å². The Morgan fingerprint density at radius 2 is 1.71 bits per heavy atom. The summed E-state index contributed by atoms with van der Waals surface area (Å²) in [4.78, 5) is 16.6.